The minimum absolute atomic E-state index is 0.103. The molecule has 1 aliphatic carbocycles. The molecule has 5 N–H and O–H groups in total. The number of rotatable bonds is 4. The highest BCUT2D eigenvalue weighted by atomic mass is 32.1. The van der Waals surface area contributed by atoms with Crippen LogP contribution in [0.25, 0.3) is 0 Å². The Bertz CT molecular complexity index is 858. The third kappa shape index (κ3) is 3.95. The van der Waals surface area contributed by atoms with E-state index in [1.807, 2.05) is 29.2 Å². The molecule has 10 heteroatoms. The van der Waals surface area contributed by atoms with Gasteiger partial charge in [0.05, 0.1) is 31.2 Å². The fourth-order valence-corrected chi connectivity index (χ4v) is 5.35. The number of fused-ring (bicyclic) bond motifs is 1. The molecule has 2 saturated heterocycles. The molecule has 2 amide bonds. The Hall–Kier alpha value is -2.43. The van der Waals surface area contributed by atoms with E-state index in [2.05, 4.69) is 5.32 Å². The number of aliphatic hydroxyl groups is 2. The Morgan fingerprint density at radius 3 is 2.42 bits per heavy atom. The van der Waals surface area contributed by atoms with Gasteiger partial charge in [0.1, 0.15) is 11.9 Å². The van der Waals surface area contributed by atoms with Crippen LogP contribution in [-0.2, 0) is 9.59 Å². The Morgan fingerprint density at radius 2 is 1.84 bits per heavy atom. The van der Waals surface area contributed by atoms with Gasteiger partial charge < -0.3 is 35.8 Å². The summed E-state index contributed by atoms with van der Waals surface area (Å²) in [6.07, 6.45) is -0.883. The number of nitrogens with two attached hydrogens (primary N) is 1. The number of thiocarbonyl (C=S) groups is 1. The molecule has 4 rings (SSSR count). The zero-order chi connectivity index (χ0) is 22.3. The molecule has 31 heavy (non-hydrogen) atoms. The molecule has 1 saturated carbocycles. The number of anilines is 1. The monoisotopic (exact) mass is 448 g/mol. The highest BCUT2D eigenvalue weighted by Crippen LogP contribution is 2.38. The minimum Gasteiger partial charge on any atom is -0.497 e. The molecule has 1 aromatic carbocycles. The van der Waals surface area contributed by atoms with Gasteiger partial charge >= 0.3 is 0 Å². The van der Waals surface area contributed by atoms with Crippen molar-refractivity contribution >= 4 is 34.8 Å². The van der Waals surface area contributed by atoms with Gasteiger partial charge in [-0.1, -0.05) is 0 Å². The summed E-state index contributed by atoms with van der Waals surface area (Å²) >= 11 is 5.54. The first-order valence-corrected chi connectivity index (χ1v) is 10.9. The van der Waals surface area contributed by atoms with E-state index in [1.54, 1.807) is 12.0 Å². The summed E-state index contributed by atoms with van der Waals surface area (Å²) in [4.78, 5) is 28.6. The van der Waals surface area contributed by atoms with Gasteiger partial charge in [0.2, 0.25) is 11.8 Å². The number of aliphatic hydroxyl groups excluding tert-OH is 2. The lowest BCUT2D eigenvalue weighted by Gasteiger charge is -2.44. The van der Waals surface area contributed by atoms with Crippen molar-refractivity contribution in [2.24, 2.45) is 17.6 Å². The number of hydrogen-bond acceptors (Lipinski definition) is 6. The van der Waals surface area contributed by atoms with Crippen molar-refractivity contribution in [2.75, 3.05) is 25.1 Å². The molecule has 0 unspecified atom stereocenters. The zero-order valence-corrected chi connectivity index (χ0v) is 18.1. The number of piperidine rings is 1. The molecule has 2 aliphatic heterocycles. The number of methoxy groups -OCH3 is 1. The first-order chi connectivity index (χ1) is 14.8. The lowest BCUT2D eigenvalue weighted by atomic mass is 9.76. The third-order valence-corrected chi connectivity index (χ3v) is 7.04. The molecule has 0 radical (unpaired) electrons. The van der Waals surface area contributed by atoms with Crippen LogP contribution < -0.4 is 20.7 Å². The van der Waals surface area contributed by atoms with Crippen LogP contribution in [0.4, 0.5) is 5.69 Å². The number of benzene rings is 1. The topological polar surface area (TPSA) is 128 Å². The quantitative estimate of drug-likeness (QED) is 0.458. The van der Waals surface area contributed by atoms with Crippen LogP contribution >= 0.6 is 12.2 Å². The average molecular weight is 449 g/mol. The highest BCUT2D eigenvalue weighted by molar-refractivity contribution is 7.80. The van der Waals surface area contributed by atoms with Crippen molar-refractivity contribution in [2.45, 2.75) is 43.6 Å². The lowest BCUT2D eigenvalue weighted by molar-refractivity contribution is -0.144. The molecule has 1 aromatic rings. The number of ether oxygens (including phenoxy) is 1. The van der Waals surface area contributed by atoms with Crippen LogP contribution in [0.1, 0.15) is 19.3 Å². The van der Waals surface area contributed by atoms with E-state index in [9.17, 15) is 19.8 Å². The maximum atomic E-state index is 13.5. The second-order valence-corrected chi connectivity index (χ2v) is 8.82. The second-order valence-electron chi connectivity index (χ2n) is 8.44. The molecule has 5 atom stereocenters. The number of carbonyl (C=O) groups is 2. The summed E-state index contributed by atoms with van der Waals surface area (Å²) in [7, 11) is 1.59. The summed E-state index contributed by atoms with van der Waals surface area (Å²) in [5.41, 5.74) is 6.19. The van der Waals surface area contributed by atoms with Crippen LogP contribution in [-0.4, -0.2) is 76.5 Å². The molecule has 0 bridgehead atoms. The van der Waals surface area contributed by atoms with E-state index in [-0.39, 0.29) is 24.2 Å². The first kappa shape index (κ1) is 21.8. The van der Waals surface area contributed by atoms with E-state index in [0.717, 1.165) is 5.69 Å². The molecule has 3 aliphatic rings. The van der Waals surface area contributed by atoms with Crippen LogP contribution in [0.3, 0.4) is 0 Å². The van der Waals surface area contributed by atoms with Crippen LogP contribution in [0.5, 0.6) is 5.75 Å². The third-order valence-electron chi connectivity index (χ3n) is 6.72. The molecular weight excluding hydrogens is 420 g/mol. The predicted octanol–water partition coefficient (Wildman–Crippen LogP) is -0.407. The van der Waals surface area contributed by atoms with Gasteiger partial charge in [0, 0.05) is 24.7 Å². The summed E-state index contributed by atoms with van der Waals surface area (Å²) < 4.78 is 5.23. The number of nitrogens with one attached hydrogen (secondary N) is 1. The van der Waals surface area contributed by atoms with Gasteiger partial charge in [-0.3, -0.25) is 9.59 Å². The Balaban J connectivity index is 1.61. The fraction of sp³-hybridized carbons (Fsp3) is 0.571. The fourth-order valence-electron chi connectivity index (χ4n) is 4.99. The van der Waals surface area contributed by atoms with Gasteiger partial charge in [-0.05, 0) is 55.7 Å². The summed E-state index contributed by atoms with van der Waals surface area (Å²) in [5.74, 6) is -0.522. The SMILES string of the molecule is COc1ccc(N2C(=S)N[C@H]3[C@@H](O)[C@H](O)C[C@@H](C(=O)N4CCC(C(N)=O)CC4)[C@H]32)cc1. The maximum absolute atomic E-state index is 13.5. The smallest absolute Gasteiger partial charge is 0.227 e. The van der Waals surface area contributed by atoms with E-state index >= 15 is 0 Å². The summed E-state index contributed by atoms with van der Waals surface area (Å²) in [6.45, 7) is 0.888. The van der Waals surface area contributed by atoms with E-state index in [4.69, 9.17) is 22.7 Å². The summed E-state index contributed by atoms with van der Waals surface area (Å²) in [6, 6.07) is 6.31. The molecule has 3 fully saturated rings. The van der Waals surface area contributed by atoms with Gasteiger partial charge in [0.25, 0.3) is 0 Å². The Kier molecular flexibility index (Phi) is 6.05. The van der Waals surface area contributed by atoms with E-state index in [0.29, 0.717) is 36.8 Å². The van der Waals surface area contributed by atoms with Gasteiger partial charge in [0.15, 0.2) is 5.11 Å². The number of hydrogen-bond donors (Lipinski definition) is 4. The standard InChI is InChI=1S/C21H28N4O5S/c1-30-13-4-2-12(3-5-13)25-17-14(10-15(26)18(27)16(17)23-21(25)31)20(29)24-8-6-11(7-9-24)19(22)28/h2-5,11,14-18,26-27H,6-10H2,1H3,(H2,22,28)(H,23,31)/t14-,15-,16-,17-,18+/m1/s1. The number of amides is 2. The highest BCUT2D eigenvalue weighted by Gasteiger charge is 2.54. The number of likely N-dealkylation sites (tertiary alicyclic amines) is 1. The summed E-state index contributed by atoms with van der Waals surface area (Å²) in [5, 5.41) is 24.6. The van der Waals surface area contributed by atoms with Gasteiger partial charge in [-0.25, -0.2) is 0 Å². The molecule has 0 spiro atoms. The van der Waals surface area contributed by atoms with E-state index < -0.39 is 30.2 Å². The Labute approximate surface area is 186 Å². The predicted molar refractivity (Wildman–Crippen MR) is 117 cm³/mol. The number of primary amides is 1. The molecular formula is C21H28N4O5S. The van der Waals surface area contributed by atoms with Crippen LogP contribution in [0, 0.1) is 11.8 Å². The van der Waals surface area contributed by atoms with Gasteiger partial charge in [-0.15, -0.1) is 0 Å². The largest absolute Gasteiger partial charge is 0.497 e. The van der Waals surface area contributed by atoms with Crippen molar-refractivity contribution in [3.05, 3.63) is 24.3 Å². The maximum Gasteiger partial charge on any atom is 0.227 e. The van der Waals surface area contributed by atoms with Crippen molar-refractivity contribution in [3.63, 3.8) is 0 Å². The number of nitrogens with zero attached hydrogens (tertiary/aromatic N) is 2. The van der Waals surface area contributed by atoms with Crippen molar-refractivity contribution in [1.29, 1.82) is 0 Å². The minimum atomic E-state index is -1.05. The van der Waals surface area contributed by atoms with Crippen LogP contribution in [0.2, 0.25) is 0 Å². The second kappa shape index (κ2) is 8.60. The Morgan fingerprint density at radius 1 is 1.19 bits per heavy atom. The lowest BCUT2D eigenvalue weighted by Crippen LogP contribution is -2.61. The zero-order valence-electron chi connectivity index (χ0n) is 17.3. The van der Waals surface area contributed by atoms with Crippen molar-refractivity contribution < 1.29 is 24.5 Å². The van der Waals surface area contributed by atoms with Gasteiger partial charge in [-0.2, -0.15) is 0 Å². The van der Waals surface area contributed by atoms with Crippen LogP contribution in [0.15, 0.2) is 24.3 Å². The normalized spacial score (nSPS) is 31.2. The number of carbonyl (C=O) groups excluding carboxylic acids is 2. The van der Waals surface area contributed by atoms with E-state index in [1.165, 1.54) is 0 Å². The molecule has 2 heterocycles. The average Bonchev–Trinajstić information content (AvgIpc) is 3.13. The molecule has 168 valence electrons. The molecule has 9 nitrogen and oxygen atoms in total. The first-order valence-electron chi connectivity index (χ1n) is 10.5. The molecule has 0 aromatic heterocycles. The van der Waals surface area contributed by atoms with Crippen molar-refractivity contribution in [3.8, 4) is 5.75 Å². The van der Waals surface area contributed by atoms with Crippen molar-refractivity contribution in [1.82, 2.24) is 10.2 Å².